The highest BCUT2D eigenvalue weighted by molar-refractivity contribution is 5.92. The van der Waals surface area contributed by atoms with E-state index in [1.807, 2.05) is 36.4 Å². The number of methoxy groups -OCH3 is 1. The molecular formula is C19H21NO4. The van der Waals surface area contributed by atoms with Gasteiger partial charge in [-0.05, 0) is 47.7 Å². The maximum absolute atomic E-state index is 12.7. The maximum Gasteiger partial charge on any atom is 0.326 e. The van der Waals surface area contributed by atoms with E-state index in [0.717, 1.165) is 34.9 Å². The van der Waals surface area contributed by atoms with Gasteiger partial charge >= 0.3 is 5.97 Å². The average Bonchev–Trinajstić information content (AvgIpc) is 2.61. The number of hydrogen-bond donors (Lipinski definition) is 1. The van der Waals surface area contributed by atoms with E-state index in [0.29, 0.717) is 13.0 Å². The molecule has 0 aromatic heterocycles. The highest BCUT2D eigenvalue weighted by Gasteiger charge is 2.31. The quantitative estimate of drug-likeness (QED) is 0.938. The number of carbonyl (C=O) groups excluding carboxylic acids is 1. The van der Waals surface area contributed by atoms with Gasteiger partial charge in [0.15, 0.2) is 0 Å². The van der Waals surface area contributed by atoms with Crippen molar-refractivity contribution in [2.45, 2.75) is 31.7 Å². The van der Waals surface area contributed by atoms with Crippen LogP contribution >= 0.6 is 0 Å². The lowest BCUT2D eigenvalue weighted by Crippen LogP contribution is -2.48. The standard InChI is InChI=1S/C19H21NO4/c1-24-15-9-8-13-5-4-6-14(16(13)12-15)11-18(21)20-10-3-2-7-17(20)19(22)23/h4-6,8-9,12,17H,2-3,7,10-11H2,1H3,(H,22,23)/t17-/m1/s1. The molecule has 1 fully saturated rings. The number of fused-ring (bicyclic) bond motifs is 1. The fourth-order valence-electron chi connectivity index (χ4n) is 3.35. The van der Waals surface area contributed by atoms with Crippen molar-refractivity contribution >= 4 is 22.6 Å². The van der Waals surface area contributed by atoms with Gasteiger partial charge in [-0.25, -0.2) is 4.79 Å². The highest BCUT2D eigenvalue weighted by atomic mass is 16.5. The lowest BCUT2D eigenvalue weighted by Gasteiger charge is -2.33. The molecule has 2 aromatic rings. The van der Waals surface area contributed by atoms with Gasteiger partial charge in [0.2, 0.25) is 5.91 Å². The summed E-state index contributed by atoms with van der Waals surface area (Å²) in [5, 5.41) is 11.4. The lowest BCUT2D eigenvalue weighted by atomic mass is 9.98. The molecule has 0 aliphatic carbocycles. The summed E-state index contributed by atoms with van der Waals surface area (Å²) in [6, 6.07) is 10.9. The van der Waals surface area contributed by atoms with Gasteiger partial charge in [-0.2, -0.15) is 0 Å². The molecule has 126 valence electrons. The monoisotopic (exact) mass is 327 g/mol. The summed E-state index contributed by atoms with van der Waals surface area (Å²) in [7, 11) is 1.61. The molecule has 1 amide bonds. The minimum atomic E-state index is -0.914. The molecule has 1 N–H and O–H groups in total. The zero-order valence-corrected chi connectivity index (χ0v) is 13.7. The predicted molar refractivity (Wildman–Crippen MR) is 91.2 cm³/mol. The number of benzene rings is 2. The second-order valence-electron chi connectivity index (χ2n) is 6.12. The Labute approximate surface area is 140 Å². The van der Waals surface area contributed by atoms with Gasteiger partial charge in [-0.1, -0.05) is 24.3 Å². The number of likely N-dealkylation sites (tertiary alicyclic amines) is 1. The van der Waals surface area contributed by atoms with Crippen LogP contribution in [0.5, 0.6) is 5.75 Å². The molecule has 1 saturated heterocycles. The minimum absolute atomic E-state index is 0.127. The van der Waals surface area contributed by atoms with Crippen molar-refractivity contribution in [3.8, 4) is 5.75 Å². The molecule has 1 aliphatic rings. The molecule has 24 heavy (non-hydrogen) atoms. The van der Waals surface area contributed by atoms with Crippen LogP contribution < -0.4 is 4.74 Å². The Balaban J connectivity index is 1.88. The summed E-state index contributed by atoms with van der Waals surface area (Å²) in [6.45, 7) is 0.518. The molecule has 0 radical (unpaired) electrons. The van der Waals surface area contributed by atoms with Crippen molar-refractivity contribution in [2.75, 3.05) is 13.7 Å². The second-order valence-corrected chi connectivity index (χ2v) is 6.12. The summed E-state index contributed by atoms with van der Waals surface area (Å²) in [5.74, 6) is -0.302. The van der Waals surface area contributed by atoms with E-state index in [4.69, 9.17) is 4.74 Å². The van der Waals surface area contributed by atoms with E-state index in [2.05, 4.69) is 0 Å². The number of hydrogen-bond acceptors (Lipinski definition) is 3. The minimum Gasteiger partial charge on any atom is -0.497 e. The fraction of sp³-hybridized carbons (Fsp3) is 0.368. The Hall–Kier alpha value is -2.56. The number of carboxylic acid groups (broad SMARTS) is 1. The number of piperidine rings is 1. The van der Waals surface area contributed by atoms with Gasteiger partial charge in [0.1, 0.15) is 11.8 Å². The summed E-state index contributed by atoms with van der Waals surface area (Å²) in [5.41, 5.74) is 0.895. The van der Waals surface area contributed by atoms with Gasteiger partial charge in [0, 0.05) is 6.54 Å². The van der Waals surface area contributed by atoms with Gasteiger partial charge in [0.05, 0.1) is 13.5 Å². The topological polar surface area (TPSA) is 66.8 Å². The Kier molecular flexibility index (Phi) is 4.69. The number of rotatable bonds is 4. The van der Waals surface area contributed by atoms with Crippen LogP contribution in [-0.4, -0.2) is 41.6 Å². The number of ether oxygens (including phenoxy) is 1. The van der Waals surface area contributed by atoms with Crippen LogP contribution in [0.4, 0.5) is 0 Å². The SMILES string of the molecule is COc1ccc2cccc(CC(=O)N3CCCC[C@@H]3C(=O)O)c2c1. The summed E-state index contributed by atoms with van der Waals surface area (Å²) in [6.07, 6.45) is 2.45. The zero-order chi connectivity index (χ0) is 17.1. The van der Waals surface area contributed by atoms with Gasteiger partial charge in [-0.3, -0.25) is 4.79 Å². The third kappa shape index (κ3) is 3.20. The lowest BCUT2D eigenvalue weighted by molar-refractivity contribution is -0.151. The van der Waals surface area contributed by atoms with E-state index < -0.39 is 12.0 Å². The average molecular weight is 327 g/mol. The van der Waals surface area contributed by atoms with E-state index in [1.165, 1.54) is 4.90 Å². The normalized spacial score (nSPS) is 17.7. The van der Waals surface area contributed by atoms with E-state index in [9.17, 15) is 14.7 Å². The van der Waals surface area contributed by atoms with Crippen LogP contribution in [0.15, 0.2) is 36.4 Å². The van der Waals surface area contributed by atoms with E-state index in [1.54, 1.807) is 7.11 Å². The predicted octanol–water partition coefficient (Wildman–Crippen LogP) is 2.86. The Morgan fingerprint density at radius 2 is 2.08 bits per heavy atom. The van der Waals surface area contributed by atoms with E-state index in [-0.39, 0.29) is 12.3 Å². The number of amides is 1. The second kappa shape index (κ2) is 6.91. The molecule has 2 aromatic carbocycles. The van der Waals surface area contributed by atoms with Gasteiger partial charge in [-0.15, -0.1) is 0 Å². The van der Waals surface area contributed by atoms with Gasteiger partial charge in [0.25, 0.3) is 0 Å². The molecule has 0 unspecified atom stereocenters. The molecule has 5 heteroatoms. The Morgan fingerprint density at radius 3 is 2.83 bits per heavy atom. The van der Waals surface area contributed by atoms with Gasteiger partial charge < -0.3 is 14.7 Å². The molecule has 1 atom stereocenters. The number of aliphatic carboxylic acids is 1. The van der Waals surface area contributed by atoms with Crippen LogP contribution in [0.3, 0.4) is 0 Å². The van der Waals surface area contributed by atoms with Crippen molar-refractivity contribution in [2.24, 2.45) is 0 Å². The van der Waals surface area contributed by atoms with Crippen LogP contribution in [-0.2, 0) is 16.0 Å². The third-order valence-electron chi connectivity index (χ3n) is 4.63. The van der Waals surface area contributed by atoms with Crippen LogP contribution in [0.1, 0.15) is 24.8 Å². The largest absolute Gasteiger partial charge is 0.497 e. The van der Waals surface area contributed by atoms with Crippen LogP contribution in [0.2, 0.25) is 0 Å². The van der Waals surface area contributed by atoms with Crippen LogP contribution in [0, 0.1) is 0 Å². The Bertz CT molecular complexity index is 771. The summed E-state index contributed by atoms with van der Waals surface area (Å²) < 4.78 is 5.27. The first-order valence-corrected chi connectivity index (χ1v) is 8.18. The summed E-state index contributed by atoms with van der Waals surface area (Å²) >= 11 is 0. The maximum atomic E-state index is 12.7. The molecule has 5 nitrogen and oxygen atoms in total. The van der Waals surface area contributed by atoms with Crippen molar-refractivity contribution in [3.05, 3.63) is 42.0 Å². The van der Waals surface area contributed by atoms with Crippen molar-refractivity contribution in [3.63, 3.8) is 0 Å². The molecule has 1 aliphatic heterocycles. The smallest absolute Gasteiger partial charge is 0.326 e. The fourth-order valence-corrected chi connectivity index (χ4v) is 3.35. The number of carbonyl (C=O) groups is 2. The molecule has 3 rings (SSSR count). The Morgan fingerprint density at radius 1 is 1.25 bits per heavy atom. The summed E-state index contributed by atoms with van der Waals surface area (Å²) in [4.78, 5) is 25.6. The zero-order valence-electron chi connectivity index (χ0n) is 13.7. The molecular weight excluding hydrogens is 306 g/mol. The van der Waals surface area contributed by atoms with Crippen molar-refractivity contribution < 1.29 is 19.4 Å². The molecule has 0 saturated carbocycles. The molecule has 0 bridgehead atoms. The van der Waals surface area contributed by atoms with E-state index >= 15 is 0 Å². The number of carboxylic acids is 1. The first-order valence-electron chi connectivity index (χ1n) is 8.18. The highest BCUT2D eigenvalue weighted by Crippen LogP contribution is 2.26. The molecule has 0 spiro atoms. The first kappa shape index (κ1) is 16.3. The first-order chi connectivity index (χ1) is 11.6. The van der Waals surface area contributed by atoms with Crippen molar-refractivity contribution in [1.82, 2.24) is 4.90 Å². The third-order valence-corrected chi connectivity index (χ3v) is 4.63. The number of nitrogens with zero attached hydrogens (tertiary/aromatic N) is 1. The van der Waals surface area contributed by atoms with Crippen molar-refractivity contribution in [1.29, 1.82) is 0 Å². The molecule has 1 heterocycles. The van der Waals surface area contributed by atoms with Crippen LogP contribution in [0.25, 0.3) is 10.8 Å².